The Morgan fingerprint density at radius 3 is 2.45 bits per heavy atom. The molecular formula is C28H40N6O5S. The molecule has 40 heavy (non-hydrogen) atoms. The predicted octanol–water partition coefficient (Wildman–Crippen LogP) is 4.53. The molecule has 218 valence electrons. The quantitative estimate of drug-likeness (QED) is 0.403. The smallest absolute Gasteiger partial charge is 0.412 e. The monoisotopic (exact) mass is 572 g/mol. The lowest BCUT2D eigenvalue weighted by Gasteiger charge is -2.31. The summed E-state index contributed by atoms with van der Waals surface area (Å²) in [5, 5.41) is 12.1. The van der Waals surface area contributed by atoms with Gasteiger partial charge in [-0.15, -0.1) is 11.3 Å². The van der Waals surface area contributed by atoms with Crippen molar-refractivity contribution in [1.29, 1.82) is 0 Å². The zero-order valence-electron chi connectivity index (χ0n) is 23.5. The third kappa shape index (κ3) is 9.17. The maximum Gasteiger partial charge on any atom is 0.412 e. The van der Waals surface area contributed by atoms with E-state index in [0.29, 0.717) is 37.7 Å². The Hall–Kier alpha value is -3.22. The summed E-state index contributed by atoms with van der Waals surface area (Å²) >= 11 is 1.34. The number of anilines is 2. The number of aromatic nitrogens is 1. The number of nitrogens with one attached hydrogen (secondary N) is 3. The second-order valence-corrected chi connectivity index (χ2v) is 11.9. The molecule has 0 atom stereocenters. The van der Waals surface area contributed by atoms with Gasteiger partial charge in [0.25, 0.3) is 5.91 Å². The number of morpholine rings is 1. The van der Waals surface area contributed by atoms with Crippen LogP contribution in [-0.4, -0.2) is 83.9 Å². The molecule has 12 heteroatoms. The molecule has 3 heterocycles. The van der Waals surface area contributed by atoms with Crippen molar-refractivity contribution in [2.75, 3.05) is 50.0 Å². The summed E-state index contributed by atoms with van der Waals surface area (Å²) in [7, 11) is 0. The molecule has 2 aromatic heterocycles. The van der Waals surface area contributed by atoms with Crippen molar-refractivity contribution in [3.63, 3.8) is 0 Å². The molecule has 1 aliphatic heterocycles. The van der Waals surface area contributed by atoms with Crippen molar-refractivity contribution in [2.45, 2.75) is 64.6 Å². The summed E-state index contributed by atoms with van der Waals surface area (Å²) in [6.07, 6.45) is 5.37. The van der Waals surface area contributed by atoms with Crippen LogP contribution in [0.2, 0.25) is 0 Å². The lowest BCUT2D eigenvalue weighted by molar-refractivity contribution is 0.0346. The first kappa shape index (κ1) is 29.8. The van der Waals surface area contributed by atoms with E-state index in [0.717, 1.165) is 50.9 Å². The molecule has 0 aromatic carbocycles. The van der Waals surface area contributed by atoms with Gasteiger partial charge in [-0.2, -0.15) is 0 Å². The Balaban J connectivity index is 1.35. The fraction of sp³-hybridized carbons (Fsp3) is 0.571. The van der Waals surface area contributed by atoms with Crippen LogP contribution < -0.4 is 16.0 Å². The minimum absolute atomic E-state index is 0.0653. The van der Waals surface area contributed by atoms with E-state index in [1.165, 1.54) is 11.3 Å². The van der Waals surface area contributed by atoms with Crippen LogP contribution in [0.4, 0.5) is 21.0 Å². The van der Waals surface area contributed by atoms with Gasteiger partial charge in [-0.25, -0.2) is 9.59 Å². The van der Waals surface area contributed by atoms with Gasteiger partial charge in [0.1, 0.15) is 11.3 Å². The molecule has 0 spiro atoms. The number of nitrogens with zero attached hydrogens (tertiary/aromatic N) is 3. The maximum atomic E-state index is 13.2. The zero-order valence-corrected chi connectivity index (χ0v) is 24.3. The van der Waals surface area contributed by atoms with Crippen LogP contribution >= 0.6 is 11.3 Å². The average molecular weight is 573 g/mol. The number of amides is 4. The molecule has 0 unspecified atom stereocenters. The first-order valence-corrected chi connectivity index (χ1v) is 14.8. The largest absolute Gasteiger partial charge is 0.444 e. The average Bonchev–Trinajstić information content (AvgIpc) is 3.58. The van der Waals surface area contributed by atoms with Gasteiger partial charge in [-0.05, 0) is 45.2 Å². The van der Waals surface area contributed by atoms with Crippen molar-refractivity contribution in [3.8, 4) is 0 Å². The minimum Gasteiger partial charge on any atom is -0.444 e. The fourth-order valence-corrected chi connectivity index (χ4v) is 5.35. The lowest BCUT2D eigenvalue weighted by Crippen LogP contribution is -2.47. The summed E-state index contributed by atoms with van der Waals surface area (Å²) in [4.78, 5) is 46.7. The molecular weight excluding hydrogens is 532 g/mol. The molecule has 4 rings (SSSR count). The van der Waals surface area contributed by atoms with Crippen LogP contribution in [0, 0.1) is 0 Å². The highest BCUT2D eigenvalue weighted by Crippen LogP contribution is 2.27. The van der Waals surface area contributed by atoms with Crippen LogP contribution in [0.5, 0.6) is 0 Å². The summed E-state index contributed by atoms with van der Waals surface area (Å²) in [5.74, 6) is -0.402. The van der Waals surface area contributed by atoms with Crippen molar-refractivity contribution in [2.24, 2.45) is 0 Å². The van der Waals surface area contributed by atoms with Gasteiger partial charge in [-0.3, -0.25) is 20.0 Å². The third-order valence-electron chi connectivity index (χ3n) is 6.74. The van der Waals surface area contributed by atoms with E-state index in [2.05, 4.69) is 25.8 Å². The molecule has 2 fully saturated rings. The highest BCUT2D eigenvalue weighted by Gasteiger charge is 2.23. The number of carbonyl (C=O) groups excluding carboxylic acids is 3. The SMILES string of the molecule is CC(C)(C)OC(=O)Nc1cscc1NC(=O)c1ccc(CN(CCN2CCOCC2)C(=O)NC2CCCC2)cn1. The number of carbonyl (C=O) groups is 3. The Morgan fingerprint density at radius 2 is 1.80 bits per heavy atom. The second kappa shape index (κ2) is 13.9. The highest BCUT2D eigenvalue weighted by molar-refractivity contribution is 7.09. The number of hydrogen-bond donors (Lipinski definition) is 3. The van der Waals surface area contributed by atoms with E-state index in [-0.39, 0.29) is 17.8 Å². The molecule has 3 N–H and O–H groups in total. The molecule has 1 aliphatic carbocycles. The van der Waals surface area contributed by atoms with Gasteiger partial charge in [0.15, 0.2) is 0 Å². The van der Waals surface area contributed by atoms with Crippen molar-refractivity contribution in [1.82, 2.24) is 20.1 Å². The number of urea groups is 1. The van der Waals surface area contributed by atoms with Gasteiger partial charge in [0, 0.05) is 55.7 Å². The summed E-state index contributed by atoms with van der Waals surface area (Å²) in [6, 6.07) is 3.63. The first-order chi connectivity index (χ1) is 19.2. The van der Waals surface area contributed by atoms with Gasteiger partial charge in [-0.1, -0.05) is 18.9 Å². The molecule has 4 amide bonds. The number of thiophene rings is 1. The van der Waals surface area contributed by atoms with Crippen molar-refractivity contribution < 1.29 is 23.9 Å². The topological polar surface area (TPSA) is 125 Å². The number of pyridine rings is 1. The van der Waals surface area contributed by atoms with E-state index in [1.54, 1.807) is 43.8 Å². The molecule has 1 saturated carbocycles. The molecule has 2 aliphatic rings. The highest BCUT2D eigenvalue weighted by atomic mass is 32.1. The normalized spacial score (nSPS) is 16.4. The predicted molar refractivity (Wildman–Crippen MR) is 155 cm³/mol. The van der Waals surface area contributed by atoms with E-state index in [4.69, 9.17) is 9.47 Å². The molecule has 11 nitrogen and oxygen atoms in total. The van der Waals surface area contributed by atoms with Crippen LogP contribution in [0.3, 0.4) is 0 Å². The number of hydrogen-bond acceptors (Lipinski definition) is 8. The van der Waals surface area contributed by atoms with Gasteiger partial charge >= 0.3 is 12.1 Å². The van der Waals surface area contributed by atoms with E-state index < -0.39 is 17.6 Å². The number of rotatable bonds is 9. The van der Waals surface area contributed by atoms with Crippen LogP contribution in [0.25, 0.3) is 0 Å². The van der Waals surface area contributed by atoms with E-state index >= 15 is 0 Å². The Kier molecular flexibility index (Phi) is 10.3. The van der Waals surface area contributed by atoms with Crippen LogP contribution in [0.1, 0.15) is 62.5 Å². The maximum absolute atomic E-state index is 13.2. The Labute approximate surface area is 239 Å². The van der Waals surface area contributed by atoms with E-state index in [1.807, 2.05) is 11.0 Å². The molecule has 0 bridgehead atoms. The summed E-state index contributed by atoms with van der Waals surface area (Å²) < 4.78 is 10.7. The first-order valence-electron chi connectivity index (χ1n) is 13.8. The Bertz CT molecular complexity index is 1140. The number of ether oxygens (including phenoxy) is 2. The van der Waals surface area contributed by atoms with E-state index in [9.17, 15) is 14.4 Å². The summed E-state index contributed by atoms with van der Waals surface area (Å²) in [5.41, 5.74) is 1.35. The summed E-state index contributed by atoms with van der Waals surface area (Å²) in [6.45, 7) is 10.3. The lowest BCUT2D eigenvalue weighted by atomic mass is 10.2. The van der Waals surface area contributed by atoms with Crippen LogP contribution in [-0.2, 0) is 16.0 Å². The van der Waals surface area contributed by atoms with Gasteiger partial charge < -0.3 is 25.0 Å². The molecule has 0 radical (unpaired) electrons. The molecule has 1 saturated heterocycles. The zero-order chi connectivity index (χ0) is 28.5. The minimum atomic E-state index is -0.634. The third-order valence-corrected chi connectivity index (χ3v) is 7.48. The standard InChI is InChI=1S/C28H40N6O5S/c1-28(2,3)39-27(37)32-24-19-40-18-23(24)31-25(35)22-9-8-20(16-29-22)17-34(11-10-33-12-14-38-15-13-33)26(36)30-21-6-4-5-7-21/h8-9,16,18-19,21H,4-7,10-15,17H2,1-3H3,(H,30,36)(H,31,35)(H,32,37). The second-order valence-electron chi connectivity index (χ2n) is 11.1. The fourth-order valence-electron chi connectivity index (χ4n) is 4.64. The molecule has 2 aromatic rings. The van der Waals surface area contributed by atoms with Crippen LogP contribution in [0.15, 0.2) is 29.1 Å². The van der Waals surface area contributed by atoms with Gasteiger partial charge in [0.2, 0.25) is 0 Å². The van der Waals surface area contributed by atoms with Crippen molar-refractivity contribution >= 4 is 40.7 Å². The van der Waals surface area contributed by atoms with Crippen molar-refractivity contribution in [3.05, 3.63) is 40.3 Å². The Morgan fingerprint density at radius 1 is 1.10 bits per heavy atom. The van der Waals surface area contributed by atoms with Gasteiger partial charge in [0.05, 0.1) is 24.6 Å².